The molecule has 0 spiro atoms. The number of hydrogen-bond acceptors (Lipinski definition) is 0. The summed E-state index contributed by atoms with van der Waals surface area (Å²) < 4.78 is 4.81. The van der Waals surface area contributed by atoms with Crippen molar-refractivity contribution in [3.63, 3.8) is 0 Å². The Morgan fingerprint density at radius 2 is 1.84 bits per heavy atom. The summed E-state index contributed by atoms with van der Waals surface area (Å²) in [4.78, 5) is 0. The van der Waals surface area contributed by atoms with E-state index in [0.717, 1.165) is 0 Å². The molecule has 4 heteroatoms. The van der Waals surface area contributed by atoms with Crippen LogP contribution in [0.3, 0.4) is 0 Å². The third-order valence-electron chi connectivity index (χ3n) is 4.82. The van der Waals surface area contributed by atoms with Gasteiger partial charge in [-0.2, -0.15) is 0 Å². The van der Waals surface area contributed by atoms with Gasteiger partial charge in [0.15, 0.2) is 0 Å². The molecule has 0 saturated carbocycles. The van der Waals surface area contributed by atoms with Gasteiger partial charge in [0.25, 0.3) is 0 Å². The molecule has 4 rings (SSSR count). The van der Waals surface area contributed by atoms with Crippen LogP contribution in [-0.2, 0) is 23.2 Å². The Kier molecular flexibility index (Phi) is 6.76. The zero-order valence-corrected chi connectivity index (χ0v) is 18.7. The minimum Gasteiger partial charge on any atom is -1.00 e. The third-order valence-corrected chi connectivity index (χ3v) is 9.35. The predicted octanol–water partition coefficient (Wildman–Crippen LogP) is -0.518. The van der Waals surface area contributed by atoms with E-state index in [9.17, 15) is 0 Å². The van der Waals surface area contributed by atoms with Gasteiger partial charge in [-0.15, -0.1) is 0 Å². The van der Waals surface area contributed by atoms with Crippen molar-refractivity contribution in [2.45, 2.75) is 30.8 Å². The topological polar surface area (TPSA) is 4.93 Å². The zero-order chi connectivity index (χ0) is 16.0. The van der Waals surface area contributed by atoms with E-state index in [4.69, 9.17) is 0 Å². The van der Waals surface area contributed by atoms with Gasteiger partial charge in [-0.1, -0.05) is 0 Å². The monoisotopic (exact) mass is 447 g/mol. The summed E-state index contributed by atoms with van der Waals surface area (Å²) >= 11 is -0.695. The Bertz CT molecular complexity index is 874. The van der Waals surface area contributed by atoms with Gasteiger partial charge >= 0.3 is 150 Å². The van der Waals surface area contributed by atoms with E-state index in [0.29, 0.717) is 3.63 Å². The Morgan fingerprint density at radius 1 is 1.08 bits per heavy atom. The summed E-state index contributed by atoms with van der Waals surface area (Å²) in [6.07, 6.45) is 10.6. The number of hydrogen-bond donors (Lipinski definition) is 0. The van der Waals surface area contributed by atoms with Crippen molar-refractivity contribution >= 4 is 11.8 Å². The van der Waals surface area contributed by atoms with Crippen molar-refractivity contribution in [3.8, 4) is 0 Å². The van der Waals surface area contributed by atoms with E-state index in [2.05, 4.69) is 80.1 Å². The first kappa shape index (κ1) is 20.5. The molecule has 1 aromatic carbocycles. The van der Waals surface area contributed by atoms with E-state index < -0.39 is 23.2 Å². The molecule has 1 nitrogen and oxygen atoms in total. The van der Waals surface area contributed by atoms with Crippen LogP contribution >= 0.6 is 0 Å². The van der Waals surface area contributed by atoms with Crippen molar-refractivity contribution in [1.29, 1.82) is 0 Å². The zero-order valence-electron chi connectivity index (χ0n) is 14.7. The molecule has 2 aliphatic rings. The number of aryl methyl sites for hydroxylation is 2. The van der Waals surface area contributed by atoms with Gasteiger partial charge in [-0.05, 0) is 0 Å². The molecule has 0 amide bonds. The van der Waals surface area contributed by atoms with Gasteiger partial charge in [0.2, 0.25) is 0 Å². The normalized spacial score (nSPS) is 17.6. The molecule has 2 aromatic rings. The van der Waals surface area contributed by atoms with Crippen LogP contribution in [0.4, 0.5) is 0 Å². The first-order valence-electron chi connectivity index (χ1n) is 8.23. The van der Waals surface area contributed by atoms with Crippen LogP contribution in [0.1, 0.15) is 39.4 Å². The summed E-state index contributed by atoms with van der Waals surface area (Å²) in [6.45, 7) is 6.70. The molecule has 0 fully saturated rings. The third kappa shape index (κ3) is 3.82. The second-order valence-corrected chi connectivity index (χ2v) is 10.2. The summed E-state index contributed by atoms with van der Waals surface area (Å²) in [5.74, 6) is 0. The Labute approximate surface area is 174 Å². The van der Waals surface area contributed by atoms with Crippen LogP contribution in [0.25, 0.3) is 11.8 Å². The van der Waals surface area contributed by atoms with Gasteiger partial charge in [0, 0.05) is 0 Å². The maximum atomic E-state index is 2.43. The fourth-order valence-electron chi connectivity index (χ4n) is 3.65. The quantitative estimate of drug-likeness (QED) is 0.595. The largest absolute Gasteiger partial charge is 1.00 e. The molecule has 0 bridgehead atoms. The first-order valence-corrected chi connectivity index (χ1v) is 10.9. The molecule has 0 aliphatic heterocycles. The van der Waals surface area contributed by atoms with Crippen LogP contribution < -0.4 is 24.8 Å². The van der Waals surface area contributed by atoms with E-state index in [1.807, 2.05) is 0 Å². The molecule has 128 valence electrons. The van der Waals surface area contributed by atoms with Crippen molar-refractivity contribution < 1.29 is 48.0 Å². The number of rotatable bonds is 3. The molecule has 0 saturated heterocycles. The molecule has 1 aromatic heterocycles. The predicted molar refractivity (Wildman–Crippen MR) is 93.7 cm³/mol. The fourth-order valence-corrected chi connectivity index (χ4v) is 7.79. The molecular weight excluding hydrogens is 428 g/mol. The van der Waals surface area contributed by atoms with Gasteiger partial charge < -0.3 is 24.8 Å². The summed E-state index contributed by atoms with van der Waals surface area (Å²) in [5.41, 5.74) is 8.69. The molecule has 0 N–H and O–H groups in total. The maximum absolute atomic E-state index is 2.43. The Balaban J connectivity index is 0.00000113. The molecule has 1 heterocycles. The van der Waals surface area contributed by atoms with Crippen LogP contribution in [0.2, 0.25) is 0 Å². The molecule has 0 radical (unpaired) electrons. The molecular formula is C21H21Cl2NZr. The Hall–Kier alpha value is -0.817. The SMILES string of the molecule is CC1=[C]([Zr+2][CH]2C(n3cc(C)cc3C)=Cc3ccccc32)CC=C1.[Cl-].[Cl-]. The van der Waals surface area contributed by atoms with Gasteiger partial charge in [0.1, 0.15) is 0 Å². The van der Waals surface area contributed by atoms with Crippen molar-refractivity contribution in [3.05, 3.63) is 79.9 Å². The van der Waals surface area contributed by atoms with Gasteiger partial charge in [-0.25, -0.2) is 0 Å². The number of halogens is 2. The fraction of sp³-hybridized carbons (Fsp3) is 0.238. The number of benzene rings is 1. The molecule has 1 unspecified atom stereocenters. The number of nitrogens with zero attached hydrogens (tertiary/aromatic N) is 1. The first-order chi connectivity index (χ1) is 11.1. The second-order valence-electron chi connectivity index (χ2n) is 6.57. The minimum absolute atomic E-state index is 0. The second kappa shape index (κ2) is 8.25. The standard InChI is InChI=1S/C15H14N.C6H7.2ClH.Zr/c1-11-7-12(2)16(10-11)15-8-13-5-3-4-6-14(13)9-15;1-6-4-2-3-5-6;;;/h3-10H,1-2H3;2,4H,3H2,1H3;2*1H;/q;;;;+2/p-2. The molecule has 25 heavy (non-hydrogen) atoms. The number of allylic oxidation sites excluding steroid dienone is 5. The summed E-state index contributed by atoms with van der Waals surface area (Å²) in [6, 6.07) is 11.3. The molecule has 2 aliphatic carbocycles. The van der Waals surface area contributed by atoms with Crippen molar-refractivity contribution in [2.75, 3.05) is 0 Å². The smallest absolute Gasteiger partial charge is 1.00 e. The van der Waals surface area contributed by atoms with Gasteiger partial charge in [0.05, 0.1) is 0 Å². The van der Waals surface area contributed by atoms with Crippen molar-refractivity contribution in [1.82, 2.24) is 4.57 Å². The van der Waals surface area contributed by atoms with Gasteiger partial charge in [-0.3, -0.25) is 0 Å². The van der Waals surface area contributed by atoms with E-state index in [1.54, 1.807) is 8.84 Å². The number of fused-ring (bicyclic) bond motifs is 1. The van der Waals surface area contributed by atoms with E-state index >= 15 is 0 Å². The summed E-state index contributed by atoms with van der Waals surface area (Å²) in [7, 11) is 0. The Morgan fingerprint density at radius 3 is 2.48 bits per heavy atom. The minimum atomic E-state index is -0.695. The van der Waals surface area contributed by atoms with Crippen LogP contribution in [0, 0.1) is 13.8 Å². The van der Waals surface area contributed by atoms with Crippen LogP contribution in [0.5, 0.6) is 0 Å². The van der Waals surface area contributed by atoms with E-state index in [1.165, 1.54) is 34.5 Å². The number of aromatic nitrogens is 1. The van der Waals surface area contributed by atoms with Crippen LogP contribution in [0.15, 0.2) is 57.5 Å². The average molecular weight is 450 g/mol. The average Bonchev–Trinajstić information content (AvgIpc) is 3.19. The molecule has 1 atom stereocenters. The van der Waals surface area contributed by atoms with E-state index in [-0.39, 0.29) is 24.8 Å². The maximum Gasteiger partial charge on any atom is -1.00 e. The van der Waals surface area contributed by atoms with Crippen molar-refractivity contribution in [2.24, 2.45) is 0 Å². The summed E-state index contributed by atoms with van der Waals surface area (Å²) in [5, 5.41) is 0. The van der Waals surface area contributed by atoms with Crippen LogP contribution in [-0.4, -0.2) is 4.57 Å².